The number of rotatable bonds is 5. The summed E-state index contributed by atoms with van der Waals surface area (Å²) in [5.41, 5.74) is 5.41. The molecule has 0 aromatic rings. The maximum Gasteiger partial charge on any atom is 0.320 e. The van der Waals surface area contributed by atoms with E-state index in [0.29, 0.717) is 17.5 Å². The van der Waals surface area contributed by atoms with Crippen LogP contribution >= 0.6 is 27.7 Å². The van der Waals surface area contributed by atoms with Gasteiger partial charge in [0.1, 0.15) is 4.83 Å². The van der Waals surface area contributed by atoms with Gasteiger partial charge in [0.15, 0.2) is 0 Å². The molecule has 0 saturated heterocycles. The average molecular weight is 256 g/mol. The second-order valence-corrected chi connectivity index (χ2v) is 4.95. The van der Waals surface area contributed by atoms with Crippen molar-refractivity contribution in [1.29, 1.82) is 0 Å². The second kappa shape index (κ2) is 6.74. The van der Waals surface area contributed by atoms with E-state index >= 15 is 0 Å². The van der Waals surface area contributed by atoms with Gasteiger partial charge < -0.3 is 10.5 Å². The van der Waals surface area contributed by atoms with Gasteiger partial charge in [-0.3, -0.25) is 4.79 Å². The van der Waals surface area contributed by atoms with E-state index in [1.165, 1.54) is 7.11 Å². The van der Waals surface area contributed by atoms with Crippen molar-refractivity contribution in [3.8, 4) is 0 Å². The highest BCUT2D eigenvalue weighted by atomic mass is 79.9. The summed E-state index contributed by atoms with van der Waals surface area (Å²) in [4.78, 5) is 10.7. The van der Waals surface area contributed by atoms with Gasteiger partial charge in [0.25, 0.3) is 0 Å². The Morgan fingerprint density at radius 1 is 1.75 bits per heavy atom. The van der Waals surface area contributed by atoms with Crippen molar-refractivity contribution in [1.82, 2.24) is 0 Å². The van der Waals surface area contributed by atoms with Gasteiger partial charge in [-0.25, -0.2) is 0 Å². The van der Waals surface area contributed by atoms with Crippen LogP contribution in [-0.4, -0.2) is 35.5 Å². The van der Waals surface area contributed by atoms with E-state index in [9.17, 15) is 4.79 Å². The molecule has 12 heavy (non-hydrogen) atoms. The van der Waals surface area contributed by atoms with Crippen LogP contribution in [0.1, 0.15) is 6.92 Å². The zero-order chi connectivity index (χ0) is 9.56. The first-order chi connectivity index (χ1) is 5.61. The molecule has 0 rings (SSSR count). The molecule has 0 aromatic heterocycles. The van der Waals surface area contributed by atoms with Crippen LogP contribution in [0.4, 0.5) is 0 Å². The standard InChI is InChI=1S/C7H14BrNO2S/c1-5(3-9)12-4-6(8)7(10)11-2/h5-6H,3-4,9H2,1-2H3. The van der Waals surface area contributed by atoms with Gasteiger partial charge in [0, 0.05) is 17.5 Å². The summed E-state index contributed by atoms with van der Waals surface area (Å²) in [6.45, 7) is 2.66. The summed E-state index contributed by atoms with van der Waals surface area (Å²) in [7, 11) is 1.38. The summed E-state index contributed by atoms with van der Waals surface area (Å²) in [5, 5.41) is 0.384. The first-order valence-electron chi connectivity index (χ1n) is 3.65. The molecule has 3 nitrogen and oxygen atoms in total. The van der Waals surface area contributed by atoms with Crippen molar-refractivity contribution >= 4 is 33.7 Å². The Morgan fingerprint density at radius 3 is 2.75 bits per heavy atom. The Kier molecular flexibility index (Phi) is 6.89. The SMILES string of the molecule is COC(=O)C(Br)CSC(C)CN. The topological polar surface area (TPSA) is 52.3 Å². The molecule has 0 radical (unpaired) electrons. The van der Waals surface area contributed by atoms with Gasteiger partial charge in [0.05, 0.1) is 7.11 Å². The molecule has 0 saturated carbocycles. The predicted octanol–water partition coefficient (Wildman–Crippen LogP) is 1.00. The van der Waals surface area contributed by atoms with E-state index in [4.69, 9.17) is 5.73 Å². The predicted molar refractivity (Wildman–Crippen MR) is 55.7 cm³/mol. The Balaban J connectivity index is 3.56. The quantitative estimate of drug-likeness (QED) is 0.589. The third-order valence-corrected chi connectivity index (χ3v) is 3.73. The van der Waals surface area contributed by atoms with Crippen LogP contribution in [0.25, 0.3) is 0 Å². The monoisotopic (exact) mass is 255 g/mol. The van der Waals surface area contributed by atoms with Crippen LogP contribution < -0.4 is 5.73 Å². The molecule has 0 aliphatic rings. The number of hydrogen-bond donors (Lipinski definition) is 1. The minimum Gasteiger partial charge on any atom is -0.468 e. The van der Waals surface area contributed by atoms with E-state index in [-0.39, 0.29) is 10.8 Å². The Labute approximate surface area is 85.5 Å². The van der Waals surface area contributed by atoms with Crippen molar-refractivity contribution in [3.05, 3.63) is 0 Å². The number of thioether (sulfide) groups is 1. The number of ether oxygens (including phenoxy) is 1. The van der Waals surface area contributed by atoms with Crippen molar-refractivity contribution in [2.75, 3.05) is 19.4 Å². The molecule has 0 aliphatic carbocycles. The van der Waals surface area contributed by atoms with Crippen LogP contribution in [0.3, 0.4) is 0 Å². The molecule has 0 aromatic carbocycles. The van der Waals surface area contributed by atoms with Gasteiger partial charge in [-0.2, -0.15) is 11.8 Å². The molecule has 0 spiro atoms. The Morgan fingerprint density at radius 2 is 2.33 bits per heavy atom. The lowest BCUT2D eigenvalue weighted by molar-refractivity contribution is -0.139. The van der Waals surface area contributed by atoms with Gasteiger partial charge >= 0.3 is 5.97 Å². The molecule has 2 N–H and O–H groups in total. The molecule has 0 aliphatic heterocycles. The number of esters is 1. The smallest absolute Gasteiger partial charge is 0.320 e. The van der Waals surface area contributed by atoms with Crippen molar-refractivity contribution in [2.45, 2.75) is 17.0 Å². The summed E-state index contributed by atoms with van der Waals surface area (Å²) < 4.78 is 4.55. The first kappa shape index (κ1) is 12.3. The van der Waals surface area contributed by atoms with Crippen molar-refractivity contribution in [2.24, 2.45) is 5.73 Å². The van der Waals surface area contributed by atoms with Crippen LogP contribution in [0.2, 0.25) is 0 Å². The van der Waals surface area contributed by atoms with Crippen LogP contribution in [0.5, 0.6) is 0 Å². The highest BCUT2D eigenvalue weighted by Crippen LogP contribution is 2.15. The lowest BCUT2D eigenvalue weighted by Crippen LogP contribution is -2.21. The van der Waals surface area contributed by atoms with Crippen molar-refractivity contribution in [3.63, 3.8) is 0 Å². The van der Waals surface area contributed by atoms with Crippen LogP contribution in [-0.2, 0) is 9.53 Å². The molecule has 2 unspecified atom stereocenters. The van der Waals surface area contributed by atoms with Crippen LogP contribution in [0.15, 0.2) is 0 Å². The maximum atomic E-state index is 10.9. The molecular weight excluding hydrogens is 242 g/mol. The van der Waals surface area contributed by atoms with Gasteiger partial charge in [-0.15, -0.1) is 0 Å². The lowest BCUT2D eigenvalue weighted by atomic mass is 10.5. The van der Waals surface area contributed by atoms with E-state index in [1.807, 2.05) is 6.92 Å². The molecule has 0 heterocycles. The van der Waals surface area contributed by atoms with Gasteiger partial charge in [-0.1, -0.05) is 22.9 Å². The van der Waals surface area contributed by atoms with Gasteiger partial charge in [0.2, 0.25) is 0 Å². The maximum absolute atomic E-state index is 10.9. The number of halogens is 1. The normalized spacial score (nSPS) is 15.3. The number of nitrogens with two attached hydrogens (primary N) is 1. The van der Waals surface area contributed by atoms with Crippen LogP contribution in [0, 0.1) is 0 Å². The largest absolute Gasteiger partial charge is 0.468 e. The first-order valence-corrected chi connectivity index (χ1v) is 5.61. The third kappa shape index (κ3) is 5.00. The zero-order valence-corrected chi connectivity index (χ0v) is 9.65. The summed E-state index contributed by atoms with van der Waals surface area (Å²) in [6, 6.07) is 0. The minimum absolute atomic E-state index is 0.221. The van der Waals surface area contributed by atoms with E-state index < -0.39 is 0 Å². The van der Waals surface area contributed by atoms with Gasteiger partial charge in [-0.05, 0) is 0 Å². The fourth-order valence-electron chi connectivity index (χ4n) is 0.513. The molecule has 0 amide bonds. The molecule has 0 fully saturated rings. The molecular formula is C7H14BrNO2S. The highest BCUT2D eigenvalue weighted by molar-refractivity contribution is 9.10. The number of methoxy groups -OCH3 is 1. The fraction of sp³-hybridized carbons (Fsp3) is 0.857. The Hall–Kier alpha value is 0.260. The second-order valence-electron chi connectivity index (χ2n) is 2.37. The van der Waals surface area contributed by atoms with Crippen molar-refractivity contribution < 1.29 is 9.53 Å². The van der Waals surface area contributed by atoms with E-state index in [2.05, 4.69) is 20.7 Å². The Bertz CT molecular complexity index is 145. The molecule has 0 bridgehead atoms. The molecule has 2 atom stereocenters. The summed E-state index contributed by atoms with van der Waals surface area (Å²) in [5.74, 6) is 0.470. The average Bonchev–Trinajstić information content (AvgIpc) is 2.11. The number of carbonyl (C=O) groups is 1. The summed E-state index contributed by atoms with van der Waals surface area (Å²) >= 11 is 4.88. The molecule has 72 valence electrons. The number of hydrogen-bond acceptors (Lipinski definition) is 4. The number of alkyl halides is 1. The van der Waals surface area contributed by atoms with E-state index in [0.717, 1.165) is 0 Å². The number of carbonyl (C=O) groups excluding carboxylic acids is 1. The van der Waals surface area contributed by atoms with E-state index in [1.54, 1.807) is 11.8 Å². The zero-order valence-electron chi connectivity index (χ0n) is 7.25. The minimum atomic E-state index is -0.230. The fourth-order valence-corrected chi connectivity index (χ4v) is 1.93. The third-order valence-electron chi connectivity index (χ3n) is 1.32. The lowest BCUT2D eigenvalue weighted by Gasteiger charge is -2.10. The molecule has 5 heteroatoms. The summed E-state index contributed by atoms with van der Waals surface area (Å²) in [6.07, 6.45) is 0. The highest BCUT2D eigenvalue weighted by Gasteiger charge is 2.15.